The molecule has 5 aromatic rings. The summed E-state index contributed by atoms with van der Waals surface area (Å²) in [6.45, 7) is 2.98. The lowest BCUT2D eigenvalue weighted by Gasteiger charge is -2.05. The molecule has 5 rings (SSSR count). The monoisotopic (exact) mass is 386 g/mol. The van der Waals surface area contributed by atoms with E-state index < -0.39 is 0 Å². The Kier molecular flexibility index (Phi) is 4.29. The first-order valence-corrected chi connectivity index (χ1v) is 10.2. The first-order valence-electron chi connectivity index (χ1n) is 9.17. The van der Waals surface area contributed by atoms with Gasteiger partial charge in [-0.2, -0.15) is 5.10 Å². The van der Waals surface area contributed by atoms with Gasteiger partial charge < -0.3 is 4.57 Å². The number of hydrogen-bond donors (Lipinski definition) is 0. The van der Waals surface area contributed by atoms with Gasteiger partial charge in [0.2, 0.25) is 5.16 Å². The molecule has 0 aliphatic heterocycles. The third-order valence-corrected chi connectivity index (χ3v) is 5.65. The Hall–Kier alpha value is -3.19. The largest absolute Gasteiger partial charge is 0.324 e. The third kappa shape index (κ3) is 2.93. The molecule has 138 valence electrons. The minimum atomic E-state index is 0.696. The van der Waals surface area contributed by atoms with Crippen LogP contribution in [0.3, 0.4) is 0 Å². The van der Waals surface area contributed by atoms with Crippen LogP contribution < -0.4 is 0 Å². The molecule has 0 radical (unpaired) electrons. The second-order valence-corrected chi connectivity index (χ2v) is 7.38. The number of hydrogen-bond acceptors (Lipinski definition) is 5. The number of para-hydroxylation sites is 1. The van der Waals surface area contributed by atoms with Crippen molar-refractivity contribution in [1.82, 2.24) is 29.5 Å². The van der Waals surface area contributed by atoms with Crippen LogP contribution in [0.25, 0.3) is 27.8 Å². The molecule has 0 aliphatic carbocycles. The molecule has 0 saturated heterocycles. The van der Waals surface area contributed by atoms with Gasteiger partial charge in [0.05, 0.1) is 11.2 Å². The van der Waals surface area contributed by atoms with Crippen molar-refractivity contribution in [2.75, 3.05) is 0 Å². The maximum atomic E-state index is 4.79. The van der Waals surface area contributed by atoms with E-state index in [1.807, 2.05) is 29.1 Å². The SMILES string of the molecule is CCn1c2ccccc2c2nnc(SCc3ccc(-n4cccn4)cc3)nc21. The number of aromatic nitrogens is 6. The molecule has 0 bridgehead atoms. The lowest BCUT2D eigenvalue weighted by molar-refractivity contribution is 0.789. The van der Waals surface area contributed by atoms with E-state index in [4.69, 9.17) is 4.98 Å². The molecule has 0 unspecified atom stereocenters. The zero-order valence-corrected chi connectivity index (χ0v) is 16.2. The van der Waals surface area contributed by atoms with Crippen molar-refractivity contribution in [2.24, 2.45) is 0 Å². The van der Waals surface area contributed by atoms with Crippen LogP contribution in [0, 0.1) is 0 Å². The number of rotatable bonds is 5. The average Bonchev–Trinajstić information content (AvgIpc) is 3.38. The summed E-state index contributed by atoms with van der Waals surface area (Å²) < 4.78 is 4.05. The summed E-state index contributed by atoms with van der Waals surface area (Å²) in [5.41, 5.74) is 5.17. The lowest BCUT2D eigenvalue weighted by atomic mass is 10.2. The summed E-state index contributed by atoms with van der Waals surface area (Å²) in [5, 5.41) is 14.9. The van der Waals surface area contributed by atoms with Crippen molar-refractivity contribution in [1.29, 1.82) is 0 Å². The molecule has 3 aromatic heterocycles. The minimum absolute atomic E-state index is 0.696. The molecular formula is C21H18N6S. The number of nitrogens with zero attached hydrogens (tertiary/aromatic N) is 6. The molecule has 2 aromatic carbocycles. The van der Waals surface area contributed by atoms with Crippen LogP contribution in [0.5, 0.6) is 0 Å². The molecule has 0 atom stereocenters. The van der Waals surface area contributed by atoms with Gasteiger partial charge >= 0.3 is 0 Å². The van der Waals surface area contributed by atoms with Crippen LogP contribution in [0.4, 0.5) is 0 Å². The smallest absolute Gasteiger partial charge is 0.211 e. The number of thioether (sulfide) groups is 1. The Balaban J connectivity index is 1.40. The van der Waals surface area contributed by atoms with E-state index >= 15 is 0 Å². The lowest BCUT2D eigenvalue weighted by Crippen LogP contribution is -1.98. The van der Waals surface area contributed by atoms with E-state index in [1.54, 1.807) is 18.0 Å². The second kappa shape index (κ2) is 7.09. The second-order valence-electron chi connectivity index (χ2n) is 6.43. The van der Waals surface area contributed by atoms with Gasteiger partial charge in [-0.15, -0.1) is 10.2 Å². The standard InChI is InChI=1S/C21H18N6S/c1-2-26-18-7-4-3-6-17(18)19-20(26)23-21(25-24-19)28-14-15-8-10-16(11-9-15)27-13-5-12-22-27/h3-13H,2,14H2,1H3. The van der Waals surface area contributed by atoms with Gasteiger partial charge in [0.1, 0.15) is 5.52 Å². The normalized spacial score (nSPS) is 11.5. The van der Waals surface area contributed by atoms with Crippen molar-refractivity contribution in [3.8, 4) is 5.69 Å². The van der Waals surface area contributed by atoms with Gasteiger partial charge in [0.15, 0.2) is 5.65 Å². The van der Waals surface area contributed by atoms with Gasteiger partial charge in [0, 0.05) is 30.1 Å². The topological polar surface area (TPSA) is 61.4 Å². The highest BCUT2D eigenvalue weighted by Gasteiger charge is 2.13. The average molecular weight is 386 g/mol. The fraction of sp³-hybridized carbons (Fsp3) is 0.143. The van der Waals surface area contributed by atoms with E-state index in [1.165, 1.54) is 5.56 Å². The van der Waals surface area contributed by atoms with Gasteiger partial charge in [-0.3, -0.25) is 0 Å². The molecule has 7 heteroatoms. The Morgan fingerprint density at radius 3 is 2.61 bits per heavy atom. The summed E-state index contributed by atoms with van der Waals surface area (Å²) in [6.07, 6.45) is 3.71. The molecule has 28 heavy (non-hydrogen) atoms. The molecule has 0 N–H and O–H groups in total. The van der Waals surface area contributed by atoms with Gasteiger partial charge in [-0.25, -0.2) is 9.67 Å². The van der Waals surface area contributed by atoms with Crippen LogP contribution >= 0.6 is 11.8 Å². The number of benzene rings is 2. The fourth-order valence-corrected chi connectivity index (χ4v) is 4.12. The van der Waals surface area contributed by atoms with Gasteiger partial charge in [-0.1, -0.05) is 42.1 Å². The third-order valence-electron chi connectivity index (χ3n) is 4.74. The Labute approximate surface area is 166 Å². The predicted octanol–water partition coefficient (Wildman–Crippen LogP) is 4.48. The van der Waals surface area contributed by atoms with Crippen LogP contribution in [0.2, 0.25) is 0 Å². The zero-order chi connectivity index (χ0) is 18.9. The summed E-state index contributed by atoms with van der Waals surface area (Å²) in [5.74, 6) is 0.791. The molecule has 3 heterocycles. The Bertz CT molecular complexity index is 1240. The number of aryl methyl sites for hydroxylation is 1. The van der Waals surface area contributed by atoms with Crippen molar-refractivity contribution in [2.45, 2.75) is 24.4 Å². The fourth-order valence-electron chi connectivity index (χ4n) is 3.38. The highest BCUT2D eigenvalue weighted by atomic mass is 32.2. The molecular weight excluding hydrogens is 368 g/mol. The van der Waals surface area contributed by atoms with Crippen LogP contribution in [0.1, 0.15) is 12.5 Å². The van der Waals surface area contributed by atoms with Crippen molar-refractivity contribution >= 4 is 33.8 Å². The Morgan fingerprint density at radius 2 is 1.82 bits per heavy atom. The molecule has 0 spiro atoms. The molecule has 6 nitrogen and oxygen atoms in total. The Morgan fingerprint density at radius 1 is 0.964 bits per heavy atom. The highest BCUT2D eigenvalue weighted by molar-refractivity contribution is 7.98. The van der Waals surface area contributed by atoms with E-state index in [0.717, 1.165) is 40.1 Å². The van der Waals surface area contributed by atoms with E-state index in [-0.39, 0.29) is 0 Å². The zero-order valence-electron chi connectivity index (χ0n) is 15.4. The molecule has 0 fully saturated rings. The minimum Gasteiger partial charge on any atom is -0.324 e. The molecule has 0 amide bonds. The summed E-state index contributed by atoms with van der Waals surface area (Å²) >= 11 is 1.60. The first kappa shape index (κ1) is 16.9. The van der Waals surface area contributed by atoms with E-state index in [2.05, 4.69) is 63.2 Å². The van der Waals surface area contributed by atoms with Crippen LogP contribution in [-0.4, -0.2) is 29.5 Å². The highest BCUT2D eigenvalue weighted by Crippen LogP contribution is 2.28. The summed E-state index contributed by atoms with van der Waals surface area (Å²) in [6, 6.07) is 18.5. The van der Waals surface area contributed by atoms with E-state index in [9.17, 15) is 0 Å². The molecule has 0 saturated carbocycles. The first-order chi connectivity index (χ1) is 13.8. The van der Waals surface area contributed by atoms with Crippen molar-refractivity contribution in [3.63, 3.8) is 0 Å². The maximum Gasteiger partial charge on any atom is 0.211 e. The van der Waals surface area contributed by atoms with Gasteiger partial charge in [-0.05, 0) is 36.8 Å². The van der Waals surface area contributed by atoms with Crippen molar-refractivity contribution in [3.05, 3.63) is 72.6 Å². The van der Waals surface area contributed by atoms with E-state index in [0.29, 0.717) is 5.16 Å². The predicted molar refractivity (Wildman–Crippen MR) is 112 cm³/mol. The van der Waals surface area contributed by atoms with Crippen LogP contribution in [0.15, 0.2) is 72.1 Å². The summed E-state index contributed by atoms with van der Waals surface area (Å²) in [4.78, 5) is 4.79. The van der Waals surface area contributed by atoms with Gasteiger partial charge in [0.25, 0.3) is 0 Å². The quantitative estimate of drug-likeness (QED) is 0.417. The summed E-state index contributed by atoms with van der Waals surface area (Å²) in [7, 11) is 0. The van der Waals surface area contributed by atoms with Crippen LogP contribution in [-0.2, 0) is 12.3 Å². The maximum absolute atomic E-state index is 4.79. The molecule has 0 aliphatic rings. The van der Waals surface area contributed by atoms with Crippen molar-refractivity contribution < 1.29 is 0 Å². The number of fused-ring (bicyclic) bond motifs is 3.